The van der Waals surface area contributed by atoms with Crippen molar-refractivity contribution in [3.8, 4) is 11.5 Å². The van der Waals surface area contributed by atoms with Gasteiger partial charge < -0.3 is 19.9 Å². The number of hydrogen-bond acceptors (Lipinski definition) is 4. The van der Waals surface area contributed by atoms with Gasteiger partial charge in [-0.25, -0.2) is 0 Å². The molecule has 0 aliphatic rings. The number of benzene rings is 2. The number of aliphatic hydroxyl groups is 1. The second-order valence-corrected chi connectivity index (χ2v) is 4.83. The topological polar surface area (TPSA) is 50.7 Å². The molecule has 0 saturated heterocycles. The van der Waals surface area contributed by atoms with Crippen LogP contribution in [-0.2, 0) is 6.54 Å². The molecule has 0 aliphatic carbocycles. The first kappa shape index (κ1) is 15.5. The summed E-state index contributed by atoms with van der Waals surface area (Å²) in [5, 5.41) is 12.6. The summed E-state index contributed by atoms with van der Waals surface area (Å²) in [6.07, 6.45) is 0. The van der Waals surface area contributed by atoms with Crippen molar-refractivity contribution >= 4 is 17.3 Å². The van der Waals surface area contributed by atoms with Gasteiger partial charge in [0.25, 0.3) is 0 Å². The van der Waals surface area contributed by atoms with Crippen LogP contribution in [0.5, 0.6) is 11.5 Å². The fourth-order valence-corrected chi connectivity index (χ4v) is 2.14. The fourth-order valence-electron chi connectivity index (χ4n) is 1.86. The number of nitrogens with one attached hydrogen (secondary N) is 1. The Balaban J connectivity index is 1.92. The highest BCUT2D eigenvalue weighted by Gasteiger charge is 2.02. The first-order chi connectivity index (χ1) is 10.2. The van der Waals surface area contributed by atoms with Gasteiger partial charge in [0.15, 0.2) is 0 Å². The van der Waals surface area contributed by atoms with Gasteiger partial charge in [0.05, 0.1) is 18.7 Å². The van der Waals surface area contributed by atoms with E-state index < -0.39 is 0 Å². The van der Waals surface area contributed by atoms with Crippen molar-refractivity contribution in [2.24, 2.45) is 0 Å². The molecule has 0 aliphatic heterocycles. The Kier molecular flexibility index (Phi) is 5.72. The SMILES string of the molecule is COc1ccc(CNc2ccc(OCCO)cc2)cc1Cl. The number of halogens is 1. The number of rotatable bonds is 7. The van der Waals surface area contributed by atoms with E-state index >= 15 is 0 Å². The molecule has 0 aromatic heterocycles. The maximum atomic E-state index is 8.70. The largest absolute Gasteiger partial charge is 0.495 e. The van der Waals surface area contributed by atoms with Gasteiger partial charge >= 0.3 is 0 Å². The van der Waals surface area contributed by atoms with Gasteiger partial charge in [0.2, 0.25) is 0 Å². The molecule has 2 N–H and O–H groups in total. The Morgan fingerprint density at radius 3 is 2.52 bits per heavy atom. The van der Waals surface area contributed by atoms with Gasteiger partial charge in [-0.1, -0.05) is 17.7 Å². The zero-order valence-electron chi connectivity index (χ0n) is 11.8. The van der Waals surface area contributed by atoms with Gasteiger partial charge in [-0.2, -0.15) is 0 Å². The van der Waals surface area contributed by atoms with Gasteiger partial charge in [-0.15, -0.1) is 0 Å². The molecule has 0 spiro atoms. The van der Waals surface area contributed by atoms with Crippen molar-refractivity contribution in [1.29, 1.82) is 0 Å². The lowest BCUT2D eigenvalue weighted by Gasteiger charge is -2.10. The van der Waals surface area contributed by atoms with Crippen LogP contribution in [0, 0.1) is 0 Å². The maximum absolute atomic E-state index is 8.70. The van der Waals surface area contributed by atoms with E-state index in [9.17, 15) is 0 Å². The Morgan fingerprint density at radius 2 is 1.90 bits per heavy atom. The molecule has 112 valence electrons. The molecule has 0 unspecified atom stereocenters. The van der Waals surface area contributed by atoms with E-state index in [4.69, 9.17) is 26.2 Å². The standard InChI is InChI=1S/C16H18ClNO3/c1-20-16-7-2-12(10-15(16)17)11-18-13-3-5-14(6-4-13)21-9-8-19/h2-7,10,18-19H,8-9,11H2,1H3. The van der Waals surface area contributed by atoms with E-state index in [0.29, 0.717) is 23.9 Å². The van der Waals surface area contributed by atoms with Crippen LogP contribution in [0.2, 0.25) is 5.02 Å². The van der Waals surface area contributed by atoms with E-state index in [0.717, 1.165) is 17.0 Å². The molecule has 21 heavy (non-hydrogen) atoms. The van der Waals surface area contributed by atoms with Gasteiger partial charge in [0, 0.05) is 12.2 Å². The minimum absolute atomic E-state index is 0.0121. The number of ether oxygens (including phenoxy) is 2. The Labute approximate surface area is 129 Å². The van der Waals surface area contributed by atoms with Gasteiger partial charge in [0.1, 0.15) is 18.1 Å². The second-order valence-electron chi connectivity index (χ2n) is 4.42. The predicted molar refractivity (Wildman–Crippen MR) is 84.4 cm³/mol. The van der Waals surface area contributed by atoms with E-state index in [2.05, 4.69) is 5.32 Å². The molecule has 0 amide bonds. The molecule has 0 bridgehead atoms. The summed E-state index contributed by atoms with van der Waals surface area (Å²) in [5.74, 6) is 1.41. The lowest BCUT2D eigenvalue weighted by Crippen LogP contribution is -2.02. The smallest absolute Gasteiger partial charge is 0.137 e. The zero-order chi connectivity index (χ0) is 15.1. The van der Waals surface area contributed by atoms with Crippen molar-refractivity contribution in [3.63, 3.8) is 0 Å². The molecule has 5 heteroatoms. The van der Waals surface area contributed by atoms with Gasteiger partial charge in [-0.05, 0) is 42.0 Å². The molecule has 0 saturated carbocycles. The fraction of sp³-hybridized carbons (Fsp3) is 0.250. The molecule has 2 aromatic rings. The second kappa shape index (κ2) is 7.76. The third-order valence-electron chi connectivity index (χ3n) is 2.93. The average Bonchev–Trinajstić information content (AvgIpc) is 2.52. The lowest BCUT2D eigenvalue weighted by molar-refractivity contribution is 0.201. The Hall–Kier alpha value is -1.91. The van der Waals surface area contributed by atoms with Crippen molar-refractivity contribution in [2.75, 3.05) is 25.6 Å². The van der Waals surface area contributed by atoms with Crippen LogP contribution in [0.1, 0.15) is 5.56 Å². The lowest BCUT2D eigenvalue weighted by atomic mass is 10.2. The van der Waals surface area contributed by atoms with Crippen LogP contribution in [0.4, 0.5) is 5.69 Å². The average molecular weight is 308 g/mol. The Bertz CT molecular complexity index is 572. The van der Waals surface area contributed by atoms with E-state index in [1.807, 2.05) is 42.5 Å². The minimum Gasteiger partial charge on any atom is -0.495 e. The van der Waals surface area contributed by atoms with Gasteiger partial charge in [-0.3, -0.25) is 0 Å². The number of anilines is 1. The molecule has 4 nitrogen and oxygen atoms in total. The summed E-state index contributed by atoms with van der Waals surface area (Å²) in [7, 11) is 1.60. The van der Waals surface area contributed by atoms with E-state index in [-0.39, 0.29) is 6.61 Å². The van der Waals surface area contributed by atoms with Crippen molar-refractivity contribution < 1.29 is 14.6 Å². The molecule has 0 radical (unpaired) electrons. The van der Waals surface area contributed by atoms with Crippen molar-refractivity contribution in [2.45, 2.75) is 6.54 Å². The Morgan fingerprint density at radius 1 is 1.14 bits per heavy atom. The minimum atomic E-state index is 0.0121. The third-order valence-corrected chi connectivity index (χ3v) is 3.22. The van der Waals surface area contributed by atoms with Crippen LogP contribution in [0.15, 0.2) is 42.5 Å². The predicted octanol–water partition coefficient (Wildman–Crippen LogP) is 3.33. The summed E-state index contributed by atoms with van der Waals surface area (Å²) in [6, 6.07) is 13.3. The molecule has 0 atom stereocenters. The van der Waals surface area contributed by atoms with Crippen LogP contribution in [-0.4, -0.2) is 25.4 Å². The molecule has 0 heterocycles. The number of hydrogen-bond donors (Lipinski definition) is 2. The summed E-state index contributed by atoms with van der Waals surface area (Å²) >= 11 is 6.09. The normalized spacial score (nSPS) is 10.2. The number of aliphatic hydroxyl groups excluding tert-OH is 1. The van der Waals surface area contributed by atoms with Crippen molar-refractivity contribution in [3.05, 3.63) is 53.1 Å². The molecular formula is C16H18ClNO3. The summed E-state index contributed by atoms with van der Waals surface area (Å²) in [6.45, 7) is 0.982. The maximum Gasteiger partial charge on any atom is 0.137 e. The van der Waals surface area contributed by atoms with E-state index in [1.54, 1.807) is 7.11 Å². The zero-order valence-corrected chi connectivity index (χ0v) is 12.6. The van der Waals surface area contributed by atoms with Crippen LogP contribution in [0.3, 0.4) is 0 Å². The first-order valence-electron chi connectivity index (χ1n) is 6.63. The quantitative estimate of drug-likeness (QED) is 0.824. The van der Waals surface area contributed by atoms with Crippen molar-refractivity contribution in [1.82, 2.24) is 0 Å². The van der Waals surface area contributed by atoms with Crippen LogP contribution in [0.25, 0.3) is 0 Å². The van der Waals surface area contributed by atoms with E-state index in [1.165, 1.54) is 0 Å². The third kappa shape index (κ3) is 4.55. The van der Waals surface area contributed by atoms with Crippen LogP contribution >= 0.6 is 11.6 Å². The highest BCUT2D eigenvalue weighted by Crippen LogP contribution is 2.25. The monoisotopic (exact) mass is 307 g/mol. The molecule has 0 fully saturated rings. The van der Waals surface area contributed by atoms with Crippen LogP contribution < -0.4 is 14.8 Å². The number of methoxy groups -OCH3 is 1. The molecule has 2 rings (SSSR count). The molecular weight excluding hydrogens is 290 g/mol. The summed E-state index contributed by atoms with van der Waals surface area (Å²) in [4.78, 5) is 0. The highest BCUT2D eigenvalue weighted by molar-refractivity contribution is 6.32. The first-order valence-corrected chi connectivity index (χ1v) is 7.00. The molecule has 2 aromatic carbocycles. The summed E-state index contributed by atoms with van der Waals surface area (Å²) < 4.78 is 10.4. The highest BCUT2D eigenvalue weighted by atomic mass is 35.5. The summed E-state index contributed by atoms with van der Waals surface area (Å²) in [5.41, 5.74) is 2.06.